The molecular weight excluding hydrogens is 533 g/mol. The predicted molar refractivity (Wildman–Crippen MR) is 138 cm³/mol. The minimum absolute atomic E-state index is 0.0913. The summed E-state index contributed by atoms with van der Waals surface area (Å²) in [6.45, 7) is 0. The fourth-order valence-electron chi connectivity index (χ4n) is 3.02. The summed E-state index contributed by atoms with van der Waals surface area (Å²) in [7, 11) is -3.94. The predicted octanol–water partition coefficient (Wildman–Crippen LogP) is 6.47. The van der Waals surface area contributed by atoms with Gasteiger partial charge >= 0.3 is 0 Å². The maximum Gasteiger partial charge on any atom is 0.271 e. The Bertz CT molecular complexity index is 1530. The van der Waals surface area contributed by atoms with Crippen LogP contribution in [-0.2, 0) is 10.0 Å². The lowest BCUT2D eigenvalue weighted by Crippen LogP contribution is -2.19. The Morgan fingerprint density at radius 2 is 1.69 bits per heavy atom. The van der Waals surface area contributed by atoms with Gasteiger partial charge in [-0.1, -0.05) is 46.9 Å². The number of benzene rings is 3. The molecule has 0 spiro atoms. The van der Waals surface area contributed by atoms with E-state index in [9.17, 15) is 13.2 Å². The number of hydrazone groups is 1. The summed E-state index contributed by atoms with van der Waals surface area (Å²) in [4.78, 5) is 12.4. The quantitative estimate of drug-likeness (QED) is 0.204. The van der Waals surface area contributed by atoms with Crippen LogP contribution in [0, 0.1) is 0 Å². The van der Waals surface area contributed by atoms with Gasteiger partial charge in [-0.25, -0.2) is 13.8 Å². The number of anilines is 1. The Kier molecular flexibility index (Phi) is 7.47. The summed E-state index contributed by atoms with van der Waals surface area (Å²) in [5, 5.41) is 5.10. The third kappa shape index (κ3) is 6.23. The molecule has 4 aromatic rings. The highest BCUT2D eigenvalue weighted by molar-refractivity contribution is 7.92. The monoisotopic (exact) mass is 547 g/mol. The van der Waals surface area contributed by atoms with Crippen molar-refractivity contribution >= 4 is 62.6 Å². The molecule has 0 aliphatic carbocycles. The van der Waals surface area contributed by atoms with E-state index in [0.717, 1.165) is 5.56 Å². The van der Waals surface area contributed by atoms with Crippen molar-refractivity contribution in [2.24, 2.45) is 5.10 Å². The Labute approximate surface area is 216 Å². The van der Waals surface area contributed by atoms with Crippen molar-refractivity contribution in [3.63, 3.8) is 0 Å². The van der Waals surface area contributed by atoms with Crippen LogP contribution in [0.15, 0.2) is 93.3 Å². The second kappa shape index (κ2) is 10.5. The molecule has 2 N–H and O–H groups in total. The average Bonchev–Trinajstić information content (AvgIpc) is 3.29. The number of nitrogens with zero attached hydrogens (tertiary/aromatic N) is 1. The van der Waals surface area contributed by atoms with Crippen molar-refractivity contribution in [3.05, 3.63) is 105 Å². The van der Waals surface area contributed by atoms with Gasteiger partial charge in [-0.15, -0.1) is 0 Å². The summed E-state index contributed by atoms with van der Waals surface area (Å²) < 4.78 is 33.5. The SMILES string of the molecule is O=C(N/N=C\c1ccc(-c2ccc(Cl)c(Cl)c2)o1)c1cccc(S(=O)(=O)Nc2cccc(Cl)c2)c1. The lowest BCUT2D eigenvalue weighted by atomic mass is 10.2. The van der Waals surface area contributed by atoms with Crippen LogP contribution in [-0.4, -0.2) is 20.5 Å². The molecule has 0 bridgehead atoms. The molecular formula is C24H16Cl3N3O4S. The lowest BCUT2D eigenvalue weighted by molar-refractivity contribution is 0.0955. The molecule has 11 heteroatoms. The standard InChI is InChI=1S/C24H16Cl3N3O4S/c25-17-4-2-5-18(13-17)30-35(32,33)20-6-1-3-16(11-20)24(31)29-28-14-19-8-10-23(34-19)15-7-9-21(26)22(27)12-15/h1-14,30H,(H,29,31)/b28-14-. The number of furan rings is 1. The van der Waals surface area contributed by atoms with Crippen molar-refractivity contribution in [3.8, 4) is 11.3 Å². The topological polar surface area (TPSA) is 101 Å². The number of sulfonamides is 1. The highest BCUT2D eigenvalue weighted by Crippen LogP contribution is 2.29. The van der Waals surface area contributed by atoms with Gasteiger partial charge in [0.1, 0.15) is 11.5 Å². The molecule has 0 aliphatic heterocycles. The Morgan fingerprint density at radius 1 is 0.886 bits per heavy atom. The van der Waals surface area contributed by atoms with Crippen molar-refractivity contribution < 1.29 is 17.6 Å². The van der Waals surface area contributed by atoms with E-state index in [1.165, 1.54) is 36.5 Å². The van der Waals surface area contributed by atoms with Crippen molar-refractivity contribution in [2.75, 3.05) is 4.72 Å². The maximum absolute atomic E-state index is 12.7. The first-order valence-corrected chi connectivity index (χ1v) is 12.6. The molecule has 4 rings (SSSR count). The molecule has 3 aromatic carbocycles. The van der Waals surface area contributed by atoms with Gasteiger partial charge in [-0.3, -0.25) is 9.52 Å². The molecule has 178 valence electrons. The van der Waals surface area contributed by atoms with Crippen LogP contribution in [0.3, 0.4) is 0 Å². The molecule has 35 heavy (non-hydrogen) atoms. The molecule has 0 radical (unpaired) electrons. The van der Waals surface area contributed by atoms with Crippen LogP contribution in [0.25, 0.3) is 11.3 Å². The van der Waals surface area contributed by atoms with E-state index in [1.807, 2.05) is 0 Å². The van der Waals surface area contributed by atoms with Crippen LogP contribution in [0.1, 0.15) is 16.1 Å². The normalized spacial score (nSPS) is 11.5. The second-order valence-corrected chi connectivity index (χ2v) is 10.1. The van der Waals surface area contributed by atoms with Crippen LogP contribution < -0.4 is 10.1 Å². The molecule has 7 nitrogen and oxygen atoms in total. The molecule has 0 saturated carbocycles. The van der Waals surface area contributed by atoms with Crippen molar-refractivity contribution in [1.29, 1.82) is 0 Å². The van der Waals surface area contributed by atoms with Crippen molar-refractivity contribution in [2.45, 2.75) is 4.90 Å². The number of rotatable bonds is 7. The van der Waals surface area contributed by atoms with E-state index < -0.39 is 15.9 Å². The van der Waals surface area contributed by atoms with Gasteiger partial charge in [0.25, 0.3) is 15.9 Å². The van der Waals surface area contributed by atoms with Gasteiger partial charge < -0.3 is 4.42 Å². The zero-order valence-electron chi connectivity index (χ0n) is 17.7. The average molecular weight is 549 g/mol. The molecule has 0 fully saturated rings. The largest absolute Gasteiger partial charge is 0.455 e. The Hall–Kier alpha value is -3.30. The van der Waals surface area contributed by atoms with Crippen LogP contribution in [0.5, 0.6) is 0 Å². The van der Waals surface area contributed by atoms with Gasteiger partial charge in [0.15, 0.2) is 0 Å². The first kappa shape index (κ1) is 24.8. The summed E-state index contributed by atoms with van der Waals surface area (Å²) in [5.74, 6) is 0.326. The third-order valence-corrected chi connectivity index (χ3v) is 7.03. The smallest absolute Gasteiger partial charge is 0.271 e. The number of carbonyl (C=O) groups excluding carboxylic acids is 1. The van der Waals surface area contributed by atoms with E-state index in [4.69, 9.17) is 39.2 Å². The highest BCUT2D eigenvalue weighted by Gasteiger charge is 2.17. The number of hydrogen-bond acceptors (Lipinski definition) is 5. The van der Waals surface area contributed by atoms with Crippen LogP contribution in [0.4, 0.5) is 5.69 Å². The highest BCUT2D eigenvalue weighted by atomic mass is 35.5. The van der Waals surface area contributed by atoms with E-state index in [1.54, 1.807) is 48.5 Å². The molecule has 0 unspecified atom stereocenters. The fraction of sp³-hybridized carbons (Fsp3) is 0. The van der Waals surface area contributed by atoms with E-state index in [-0.39, 0.29) is 10.5 Å². The molecule has 1 aromatic heterocycles. The van der Waals surface area contributed by atoms with Crippen molar-refractivity contribution in [1.82, 2.24) is 5.43 Å². The van der Waals surface area contributed by atoms with Crippen LogP contribution >= 0.6 is 34.8 Å². The third-order valence-electron chi connectivity index (χ3n) is 4.67. The van der Waals surface area contributed by atoms with Gasteiger partial charge in [-0.05, 0) is 66.7 Å². The zero-order valence-corrected chi connectivity index (χ0v) is 20.8. The van der Waals surface area contributed by atoms with E-state index >= 15 is 0 Å². The number of carbonyl (C=O) groups is 1. The first-order valence-electron chi connectivity index (χ1n) is 9.98. The summed E-state index contributed by atoms with van der Waals surface area (Å²) in [6.07, 6.45) is 1.32. The van der Waals surface area contributed by atoms with Gasteiger partial charge in [0, 0.05) is 16.1 Å². The minimum atomic E-state index is -3.94. The summed E-state index contributed by atoms with van der Waals surface area (Å²) >= 11 is 17.9. The van der Waals surface area contributed by atoms with E-state index in [2.05, 4.69) is 15.2 Å². The Balaban J connectivity index is 1.43. The minimum Gasteiger partial charge on any atom is -0.455 e. The Morgan fingerprint density at radius 3 is 2.46 bits per heavy atom. The van der Waals surface area contributed by atoms with Gasteiger partial charge in [-0.2, -0.15) is 5.10 Å². The second-order valence-electron chi connectivity index (χ2n) is 7.17. The summed E-state index contributed by atoms with van der Waals surface area (Å²) in [6, 6.07) is 20.3. The molecule has 0 aliphatic rings. The molecule has 1 heterocycles. The molecule has 1 amide bonds. The van der Waals surface area contributed by atoms with Gasteiger partial charge in [0.2, 0.25) is 0 Å². The summed E-state index contributed by atoms with van der Waals surface area (Å²) in [5.41, 5.74) is 3.48. The molecule has 0 atom stereocenters. The molecule has 0 saturated heterocycles. The zero-order chi connectivity index (χ0) is 25.0. The number of nitrogens with one attached hydrogen (secondary N) is 2. The van der Waals surface area contributed by atoms with E-state index in [0.29, 0.717) is 32.3 Å². The maximum atomic E-state index is 12.7. The lowest BCUT2D eigenvalue weighted by Gasteiger charge is -2.09. The first-order chi connectivity index (χ1) is 16.7. The van der Waals surface area contributed by atoms with Crippen LogP contribution in [0.2, 0.25) is 15.1 Å². The van der Waals surface area contributed by atoms with Gasteiger partial charge in [0.05, 0.1) is 26.8 Å². The number of amides is 1. The fourth-order valence-corrected chi connectivity index (χ4v) is 4.60. The number of halogens is 3. The number of hydrogen-bond donors (Lipinski definition) is 2.